The van der Waals surface area contributed by atoms with Crippen LogP contribution in [0.3, 0.4) is 0 Å². The number of aromatic nitrogens is 1. The molecule has 1 aromatic heterocycles. The zero-order chi connectivity index (χ0) is 15.0. The molecule has 7 heteroatoms. The van der Waals surface area contributed by atoms with Crippen LogP contribution >= 0.6 is 24.0 Å². The highest BCUT2D eigenvalue weighted by atomic mass is 127. The van der Waals surface area contributed by atoms with E-state index in [1.54, 1.807) is 7.05 Å². The molecule has 1 aromatic rings. The number of nitrogens with zero attached hydrogens (tertiary/aromatic N) is 3. The first-order chi connectivity index (χ1) is 9.52. The summed E-state index contributed by atoms with van der Waals surface area (Å²) in [5.41, 5.74) is 0.982. The van der Waals surface area contributed by atoms with Crippen LogP contribution in [-0.4, -0.2) is 50.2 Å². The molecule has 2 N–H and O–H groups in total. The summed E-state index contributed by atoms with van der Waals surface area (Å²) in [6.45, 7) is 6.74. The molecule has 0 spiro atoms. The molecular formula is C14H28IN5O. The van der Waals surface area contributed by atoms with Gasteiger partial charge in [0.1, 0.15) is 0 Å². The third-order valence-electron chi connectivity index (χ3n) is 2.90. The normalized spacial score (nSPS) is 11.7. The van der Waals surface area contributed by atoms with E-state index in [0.717, 1.165) is 36.9 Å². The number of hydrogen-bond acceptors (Lipinski definition) is 4. The Labute approximate surface area is 144 Å². The van der Waals surface area contributed by atoms with Crippen LogP contribution in [0.1, 0.15) is 37.6 Å². The quantitative estimate of drug-likeness (QED) is 0.312. The summed E-state index contributed by atoms with van der Waals surface area (Å²) in [4.78, 5) is 6.35. The average molecular weight is 409 g/mol. The monoisotopic (exact) mass is 409 g/mol. The molecule has 0 aliphatic rings. The fraction of sp³-hybridized carbons (Fsp3) is 0.714. The van der Waals surface area contributed by atoms with Crippen molar-refractivity contribution in [3.8, 4) is 0 Å². The van der Waals surface area contributed by atoms with Crippen molar-refractivity contribution >= 4 is 29.9 Å². The first kappa shape index (κ1) is 20.2. The van der Waals surface area contributed by atoms with Gasteiger partial charge >= 0.3 is 0 Å². The van der Waals surface area contributed by atoms with Crippen LogP contribution in [-0.2, 0) is 6.54 Å². The molecule has 0 radical (unpaired) electrons. The molecule has 0 saturated carbocycles. The number of aliphatic imine (C=N–C) groups is 1. The highest BCUT2D eigenvalue weighted by Gasteiger charge is 2.07. The summed E-state index contributed by atoms with van der Waals surface area (Å²) in [6, 6.07) is 1.98. The first-order valence-electron chi connectivity index (χ1n) is 7.07. The Kier molecular flexibility index (Phi) is 10.4. The van der Waals surface area contributed by atoms with E-state index in [-0.39, 0.29) is 24.0 Å². The average Bonchev–Trinajstić information content (AvgIpc) is 2.86. The molecule has 1 rings (SSSR count). The largest absolute Gasteiger partial charge is 0.359 e. The highest BCUT2D eigenvalue weighted by Crippen LogP contribution is 2.13. The second-order valence-corrected chi connectivity index (χ2v) is 5.38. The van der Waals surface area contributed by atoms with Crippen molar-refractivity contribution in [1.29, 1.82) is 0 Å². The fourth-order valence-corrected chi connectivity index (χ4v) is 1.68. The van der Waals surface area contributed by atoms with Gasteiger partial charge in [-0.3, -0.25) is 4.99 Å². The SMILES string of the molecule is CN=C(NCCCN(C)C)NCc1cc(C(C)C)no1.I. The molecule has 0 bridgehead atoms. The predicted octanol–water partition coefficient (Wildman–Crippen LogP) is 2.03. The van der Waals surface area contributed by atoms with Gasteiger partial charge in [0.25, 0.3) is 0 Å². The van der Waals surface area contributed by atoms with Gasteiger partial charge in [-0.15, -0.1) is 24.0 Å². The standard InChI is InChI=1S/C14H27N5O.HI/c1-11(2)13-9-12(20-18-13)10-17-14(15-3)16-7-6-8-19(4)5;/h9,11H,6-8,10H2,1-5H3,(H2,15,16,17);1H. The summed E-state index contributed by atoms with van der Waals surface area (Å²) in [5.74, 6) is 1.99. The fourth-order valence-electron chi connectivity index (χ4n) is 1.68. The third-order valence-corrected chi connectivity index (χ3v) is 2.90. The number of nitrogens with one attached hydrogen (secondary N) is 2. The molecule has 21 heavy (non-hydrogen) atoms. The molecular weight excluding hydrogens is 381 g/mol. The van der Waals surface area contributed by atoms with Crippen LogP contribution in [0.5, 0.6) is 0 Å². The van der Waals surface area contributed by atoms with Gasteiger partial charge in [-0.2, -0.15) is 0 Å². The van der Waals surface area contributed by atoms with E-state index in [2.05, 4.69) is 53.6 Å². The minimum absolute atomic E-state index is 0. The topological polar surface area (TPSA) is 65.7 Å². The van der Waals surface area contributed by atoms with Gasteiger partial charge in [-0.1, -0.05) is 19.0 Å². The van der Waals surface area contributed by atoms with Gasteiger partial charge in [0.05, 0.1) is 12.2 Å². The molecule has 122 valence electrons. The molecule has 0 fully saturated rings. The van der Waals surface area contributed by atoms with Gasteiger partial charge < -0.3 is 20.1 Å². The van der Waals surface area contributed by atoms with Crippen molar-refractivity contribution in [3.05, 3.63) is 17.5 Å². The Morgan fingerprint density at radius 1 is 1.38 bits per heavy atom. The van der Waals surface area contributed by atoms with Crippen LogP contribution in [0.4, 0.5) is 0 Å². The maximum atomic E-state index is 5.28. The number of halogens is 1. The summed E-state index contributed by atoms with van der Waals surface area (Å²) in [6.07, 6.45) is 1.08. The second kappa shape index (κ2) is 10.8. The predicted molar refractivity (Wildman–Crippen MR) is 97.4 cm³/mol. The van der Waals surface area contributed by atoms with Gasteiger partial charge in [0, 0.05) is 19.7 Å². The molecule has 0 atom stereocenters. The lowest BCUT2D eigenvalue weighted by atomic mass is 10.1. The molecule has 1 heterocycles. The lowest BCUT2D eigenvalue weighted by Crippen LogP contribution is -2.37. The third kappa shape index (κ3) is 8.25. The molecule has 6 nitrogen and oxygen atoms in total. The zero-order valence-electron chi connectivity index (χ0n) is 13.6. The van der Waals surface area contributed by atoms with Gasteiger partial charge in [0.2, 0.25) is 0 Å². The summed E-state index contributed by atoms with van der Waals surface area (Å²) in [5, 5.41) is 10.5. The zero-order valence-corrected chi connectivity index (χ0v) is 16.0. The maximum absolute atomic E-state index is 5.28. The summed E-state index contributed by atoms with van der Waals surface area (Å²) in [7, 11) is 5.91. The van der Waals surface area contributed by atoms with E-state index in [0.29, 0.717) is 12.5 Å². The summed E-state index contributed by atoms with van der Waals surface area (Å²) >= 11 is 0. The van der Waals surface area contributed by atoms with Gasteiger partial charge in [-0.05, 0) is 33.0 Å². The summed E-state index contributed by atoms with van der Waals surface area (Å²) < 4.78 is 5.28. The van der Waals surface area contributed by atoms with Crippen LogP contribution in [0.2, 0.25) is 0 Å². The Hall–Kier alpha value is -0.830. The molecule has 0 amide bonds. The number of hydrogen-bond donors (Lipinski definition) is 2. The minimum atomic E-state index is 0. The van der Waals surface area contributed by atoms with Crippen LogP contribution in [0.25, 0.3) is 0 Å². The highest BCUT2D eigenvalue weighted by molar-refractivity contribution is 14.0. The minimum Gasteiger partial charge on any atom is -0.359 e. The van der Waals surface area contributed by atoms with E-state index in [9.17, 15) is 0 Å². The first-order valence-corrected chi connectivity index (χ1v) is 7.07. The Morgan fingerprint density at radius 3 is 2.62 bits per heavy atom. The molecule has 0 unspecified atom stereocenters. The van der Waals surface area contributed by atoms with E-state index in [4.69, 9.17) is 4.52 Å². The maximum Gasteiger partial charge on any atom is 0.191 e. The molecule has 0 aromatic carbocycles. The van der Waals surface area contributed by atoms with Crippen molar-refractivity contribution in [2.45, 2.75) is 32.7 Å². The van der Waals surface area contributed by atoms with Crippen LogP contribution in [0, 0.1) is 0 Å². The lowest BCUT2D eigenvalue weighted by molar-refractivity contribution is 0.371. The molecule has 0 saturated heterocycles. The van der Waals surface area contributed by atoms with E-state index in [1.165, 1.54) is 0 Å². The number of rotatable bonds is 7. The van der Waals surface area contributed by atoms with Crippen LogP contribution in [0.15, 0.2) is 15.6 Å². The second-order valence-electron chi connectivity index (χ2n) is 5.38. The lowest BCUT2D eigenvalue weighted by Gasteiger charge is -2.12. The van der Waals surface area contributed by atoms with Crippen molar-refractivity contribution in [2.24, 2.45) is 4.99 Å². The molecule has 0 aliphatic carbocycles. The van der Waals surface area contributed by atoms with Crippen molar-refractivity contribution in [1.82, 2.24) is 20.7 Å². The van der Waals surface area contributed by atoms with Crippen molar-refractivity contribution in [2.75, 3.05) is 34.2 Å². The Bertz CT molecular complexity index is 417. The van der Waals surface area contributed by atoms with Gasteiger partial charge in [0.15, 0.2) is 11.7 Å². The Morgan fingerprint density at radius 2 is 2.10 bits per heavy atom. The van der Waals surface area contributed by atoms with E-state index in [1.807, 2.05) is 6.07 Å². The molecule has 0 aliphatic heterocycles. The smallest absolute Gasteiger partial charge is 0.191 e. The van der Waals surface area contributed by atoms with E-state index < -0.39 is 0 Å². The van der Waals surface area contributed by atoms with Gasteiger partial charge in [-0.25, -0.2) is 0 Å². The van der Waals surface area contributed by atoms with E-state index >= 15 is 0 Å². The number of guanidine groups is 1. The van der Waals surface area contributed by atoms with Crippen molar-refractivity contribution in [3.63, 3.8) is 0 Å². The Balaban J connectivity index is 0.00000400. The van der Waals surface area contributed by atoms with Crippen LogP contribution < -0.4 is 10.6 Å². The van der Waals surface area contributed by atoms with Crippen molar-refractivity contribution < 1.29 is 4.52 Å².